The van der Waals surface area contributed by atoms with Gasteiger partial charge in [0.05, 0.1) is 0 Å². The second kappa shape index (κ2) is 32.2. The maximum atomic E-state index is 3.90. The molecule has 0 amide bonds. The monoisotopic (exact) mass is 392 g/mol. The van der Waals surface area contributed by atoms with E-state index in [9.17, 15) is 0 Å². The Morgan fingerprint density at radius 2 is 1.30 bits per heavy atom. The van der Waals surface area contributed by atoms with E-state index >= 15 is 0 Å². The van der Waals surface area contributed by atoms with E-state index in [-0.39, 0.29) is 0 Å². The summed E-state index contributed by atoms with van der Waals surface area (Å²) >= 11 is 1.68. The van der Waals surface area contributed by atoms with E-state index in [2.05, 4.69) is 77.6 Å². The molecule has 0 saturated carbocycles. The molecule has 0 radical (unpaired) electrons. The van der Waals surface area contributed by atoms with Crippen molar-refractivity contribution in [1.82, 2.24) is 0 Å². The summed E-state index contributed by atoms with van der Waals surface area (Å²) in [6.45, 7) is 36.2. The summed E-state index contributed by atoms with van der Waals surface area (Å²) in [5, 5.41) is 2.16. The van der Waals surface area contributed by atoms with Crippen LogP contribution in [0.25, 0.3) is 0 Å². The molecule has 0 aromatic rings. The van der Waals surface area contributed by atoms with Crippen LogP contribution in [0.2, 0.25) is 0 Å². The molecule has 0 nitrogen and oxygen atoms in total. The highest BCUT2D eigenvalue weighted by molar-refractivity contribution is 8.05. The fourth-order valence-corrected chi connectivity index (χ4v) is 2.13. The van der Waals surface area contributed by atoms with Gasteiger partial charge in [-0.05, 0) is 68.1 Å². The minimum atomic E-state index is 0.957. The van der Waals surface area contributed by atoms with Crippen molar-refractivity contribution in [1.29, 1.82) is 0 Å². The van der Waals surface area contributed by atoms with Gasteiger partial charge in [0, 0.05) is 0 Å². The lowest BCUT2D eigenvalue weighted by molar-refractivity contribution is 1.14. The highest BCUT2D eigenvalue weighted by Gasteiger charge is 1.99. The summed E-state index contributed by atoms with van der Waals surface area (Å²) in [5.41, 5.74) is 5.15. The molecule has 0 aliphatic heterocycles. The Labute approximate surface area is 177 Å². The van der Waals surface area contributed by atoms with Crippen molar-refractivity contribution < 1.29 is 0 Å². The number of hydrogen-bond acceptors (Lipinski definition) is 1. The Hall–Kier alpha value is -1.47. The van der Waals surface area contributed by atoms with E-state index < -0.39 is 0 Å². The zero-order chi connectivity index (χ0) is 22.8. The quantitative estimate of drug-likeness (QED) is 0.306. The molecule has 0 aromatic heterocycles. The molecule has 0 spiro atoms. The van der Waals surface area contributed by atoms with E-state index in [0.717, 1.165) is 11.3 Å². The molecule has 0 fully saturated rings. The Morgan fingerprint density at radius 1 is 0.852 bits per heavy atom. The van der Waals surface area contributed by atoms with Gasteiger partial charge in [0.2, 0.25) is 0 Å². The molecular weight excluding hydrogens is 344 g/mol. The first-order chi connectivity index (χ1) is 12.9. The molecule has 0 bridgehead atoms. The van der Waals surface area contributed by atoms with Gasteiger partial charge < -0.3 is 0 Å². The standard InChI is InChI=1S/C18H26S.3C2H6.C2H4/c1-8-17(9-2)11-15(6)12-18(10-3)16(7)13-19-14(4)5;4*1-2/h8-10,12-13H,1,4,11H2,2-3,5-7H3;3*1-2H3;1-2H2/b15-12+,16-13+,17-9+,18-10+;;;;. The van der Waals surface area contributed by atoms with Crippen molar-refractivity contribution in [3.8, 4) is 0 Å². The fourth-order valence-electron chi connectivity index (χ4n) is 1.61. The third-order valence-corrected chi connectivity index (χ3v) is 3.59. The highest BCUT2D eigenvalue weighted by Crippen LogP contribution is 2.22. The lowest BCUT2D eigenvalue weighted by Gasteiger charge is -2.07. The number of thioether (sulfide) groups is 1. The van der Waals surface area contributed by atoms with Gasteiger partial charge in [-0.2, -0.15) is 0 Å². The van der Waals surface area contributed by atoms with Gasteiger partial charge in [-0.3, -0.25) is 0 Å². The topological polar surface area (TPSA) is 0 Å². The van der Waals surface area contributed by atoms with E-state index in [1.165, 1.54) is 22.3 Å². The van der Waals surface area contributed by atoms with Crippen molar-refractivity contribution in [3.63, 3.8) is 0 Å². The van der Waals surface area contributed by atoms with Crippen LogP contribution in [0.3, 0.4) is 0 Å². The van der Waals surface area contributed by atoms with Gasteiger partial charge in [-0.25, -0.2) is 0 Å². The Morgan fingerprint density at radius 3 is 1.59 bits per heavy atom. The molecule has 1 heteroatoms. The first-order valence-corrected chi connectivity index (χ1v) is 10.9. The predicted octanol–water partition coefficient (Wildman–Crippen LogP) is 10.5. The number of allylic oxidation sites excluding steroid dienone is 9. The summed E-state index contributed by atoms with van der Waals surface area (Å²) in [4.78, 5) is 1.11. The summed E-state index contributed by atoms with van der Waals surface area (Å²) in [6.07, 6.45) is 9.39. The van der Waals surface area contributed by atoms with E-state index in [4.69, 9.17) is 0 Å². The predicted molar refractivity (Wildman–Crippen MR) is 138 cm³/mol. The second-order valence-corrected chi connectivity index (χ2v) is 5.77. The van der Waals surface area contributed by atoms with Crippen molar-refractivity contribution >= 4 is 11.8 Å². The van der Waals surface area contributed by atoms with Crippen LogP contribution >= 0.6 is 11.8 Å². The summed E-state index contributed by atoms with van der Waals surface area (Å²) < 4.78 is 0. The molecule has 0 saturated heterocycles. The third kappa shape index (κ3) is 26.9. The zero-order valence-corrected chi connectivity index (χ0v) is 21.1. The van der Waals surface area contributed by atoms with Crippen LogP contribution < -0.4 is 0 Å². The zero-order valence-electron chi connectivity index (χ0n) is 20.3. The Kier molecular flexibility index (Phi) is 43.5. The lowest BCUT2D eigenvalue weighted by atomic mass is 10.0. The highest BCUT2D eigenvalue weighted by atomic mass is 32.2. The van der Waals surface area contributed by atoms with Crippen LogP contribution in [-0.2, 0) is 0 Å². The maximum absolute atomic E-state index is 3.90. The molecule has 0 aliphatic carbocycles. The average Bonchev–Trinajstić information content (AvgIpc) is 2.74. The normalized spacial score (nSPS) is 11.1. The molecule has 0 rings (SSSR count). The molecule has 0 atom stereocenters. The van der Waals surface area contributed by atoms with Crippen LogP contribution in [0, 0.1) is 0 Å². The van der Waals surface area contributed by atoms with Gasteiger partial charge >= 0.3 is 0 Å². The third-order valence-electron chi connectivity index (χ3n) is 2.72. The average molecular weight is 393 g/mol. The van der Waals surface area contributed by atoms with Crippen molar-refractivity contribution in [2.24, 2.45) is 0 Å². The van der Waals surface area contributed by atoms with E-state index in [1.807, 2.05) is 54.5 Å². The number of hydrogen-bond donors (Lipinski definition) is 0. The number of rotatable bonds is 7. The molecule has 0 N–H and O–H groups in total. The molecule has 0 aliphatic rings. The minimum absolute atomic E-state index is 0.957. The van der Waals surface area contributed by atoms with Gasteiger partial charge in [-0.1, -0.05) is 84.6 Å². The van der Waals surface area contributed by atoms with Crippen LogP contribution in [0.4, 0.5) is 0 Å². The van der Waals surface area contributed by atoms with Gasteiger partial charge in [0.15, 0.2) is 0 Å². The Bertz CT molecular complexity index is 457. The fraction of sp³-hybridized carbons (Fsp3) is 0.462. The first-order valence-electron chi connectivity index (χ1n) is 10.0. The van der Waals surface area contributed by atoms with Crippen LogP contribution in [0.1, 0.15) is 82.6 Å². The SMILES string of the molecule is C=C.C=C/C(=C\C)C/C(C)=C/C(=C\C)C(/C)=C/SC(=C)C.CC.CC.CC. The van der Waals surface area contributed by atoms with Crippen LogP contribution in [0.5, 0.6) is 0 Å². The molecular formula is C26H48S. The van der Waals surface area contributed by atoms with Crippen molar-refractivity contribution in [3.05, 3.63) is 83.2 Å². The molecule has 0 aromatic carbocycles. The van der Waals surface area contributed by atoms with E-state index in [0.29, 0.717) is 0 Å². The second-order valence-electron chi connectivity index (χ2n) is 4.60. The lowest BCUT2D eigenvalue weighted by Crippen LogP contribution is -1.86. The van der Waals surface area contributed by atoms with Crippen molar-refractivity contribution in [2.75, 3.05) is 0 Å². The van der Waals surface area contributed by atoms with Gasteiger partial charge in [0.1, 0.15) is 0 Å². The summed E-state index contributed by atoms with van der Waals surface area (Å²) in [7, 11) is 0. The van der Waals surface area contributed by atoms with Crippen LogP contribution in [0.15, 0.2) is 83.2 Å². The molecule has 158 valence electrons. The summed E-state index contributed by atoms with van der Waals surface area (Å²) in [6, 6.07) is 0. The van der Waals surface area contributed by atoms with Crippen LogP contribution in [-0.4, -0.2) is 0 Å². The first kappa shape index (κ1) is 36.4. The molecule has 27 heavy (non-hydrogen) atoms. The van der Waals surface area contributed by atoms with Crippen molar-refractivity contribution in [2.45, 2.75) is 82.6 Å². The van der Waals surface area contributed by atoms with Gasteiger partial charge in [-0.15, -0.1) is 24.9 Å². The smallest absolute Gasteiger partial charge is 0.00700 e. The minimum Gasteiger partial charge on any atom is -0.106 e. The van der Waals surface area contributed by atoms with E-state index in [1.54, 1.807) is 11.8 Å². The van der Waals surface area contributed by atoms with Gasteiger partial charge in [0.25, 0.3) is 0 Å². The maximum Gasteiger partial charge on any atom is -0.00700 e. The molecule has 0 heterocycles. The summed E-state index contributed by atoms with van der Waals surface area (Å²) in [5.74, 6) is 0. The molecule has 0 unspecified atom stereocenters. The largest absolute Gasteiger partial charge is 0.106 e. The Balaban J connectivity index is -0.000000177.